The smallest absolute Gasteiger partial charge is 0.277 e. The van der Waals surface area contributed by atoms with E-state index in [1.54, 1.807) is 12.1 Å². The number of ether oxygens (including phenoxy) is 2. The Bertz CT molecular complexity index is 639. The van der Waals surface area contributed by atoms with E-state index in [9.17, 15) is 9.59 Å². The molecule has 7 heteroatoms. The number of terminal acetylenes is 1. The minimum absolute atomic E-state index is 0.158. The van der Waals surface area contributed by atoms with Gasteiger partial charge >= 0.3 is 0 Å². The molecule has 0 aromatic carbocycles. The van der Waals surface area contributed by atoms with Crippen LogP contribution in [0, 0.1) is 12.3 Å². The van der Waals surface area contributed by atoms with Gasteiger partial charge in [0.2, 0.25) is 17.7 Å². The lowest BCUT2D eigenvalue weighted by Gasteiger charge is -2.28. The van der Waals surface area contributed by atoms with Gasteiger partial charge < -0.3 is 9.47 Å². The molecule has 0 radical (unpaired) electrons. The van der Waals surface area contributed by atoms with Crippen molar-refractivity contribution < 1.29 is 19.1 Å². The highest BCUT2D eigenvalue weighted by Crippen LogP contribution is 2.24. The van der Waals surface area contributed by atoms with Gasteiger partial charge in [0.25, 0.3) is 5.91 Å². The first-order valence-corrected chi connectivity index (χ1v) is 7.27. The van der Waals surface area contributed by atoms with E-state index >= 15 is 0 Å². The number of methoxy groups -OCH3 is 2. The molecule has 122 valence electrons. The van der Waals surface area contributed by atoms with Crippen LogP contribution in [-0.2, 0) is 4.79 Å². The van der Waals surface area contributed by atoms with Crippen molar-refractivity contribution in [2.75, 3.05) is 27.3 Å². The number of hydrazine groups is 1. The summed E-state index contributed by atoms with van der Waals surface area (Å²) in [4.78, 5) is 29.0. The molecule has 0 aliphatic carbocycles. The number of carbonyl (C=O) groups is 2. The third kappa shape index (κ3) is 3.54. The number of carbonyl (C=O) groups excluding carboxylic acids is 2. The highest BCUT2D eigenvalue weighted by molar-refractivity contribution is 5.97. The largest absolute Gasteiger partial charge is 0.481 e. The fraction of sp³-hybridized carbons (Fsp3) is 0.438. The molecule has 0 unspecified atom stereocenters. The van der Waals surface area contributed by atoms with Gasteiger partial charge in [-0.3, -0.25) is 14.6 Å². The second-order valence-corrected chi connectivity index (χ2v) is 4.91. The molecule has 0 spiro atoms. The molecule has 2 heterocycles. The van der Waals surface area contributed by atoms with Crippen LogP contribution in [-0.4, -0.2) is 54.1 Å². The van der Waals surface area contributed by atoms with Gasteiger partial charge in [-0.1, -0.05) is 0 Å². The SMILES string of the molecule is C#CCCC(=O)N1CCCN1C(=O)c1ccc(OC)nc1OC. The molecule has 7 nitrogen and oxygen atoms in total. The molecule has 23 heavy (non-hydrogen) atoms. The summed E-state index contributed by atoms with van der Waals surface area (Å²) < 4.78 is 10.2. The number of hydrogen-bond donors (Lipinski definition) is 0. The molecule has 0 bridgehead atoms. The van der Waals surface area contributed by atoms with Crippen molar-refractivity contribution >= 4 is 11.8 Å². The zero-order valence-corrected chi connectivity index (χ0v) is 13.2. The fourth-order valence-corrected chi connectivity index (χ4v) is 2.38. The van der Waals surface area contributed by atoms with Crippen molar-refractivity contribution in [1.82, 2.24) is 15.0 Å². The first-order chi connectivity index (χ1) is 11.1. The lowest BCUT2D eigenvalue weighted by atomic mass is 10.2. The topological polar surface area (TPSA) is 72.0 Å². The standard InChI is InChI=1S/C16H19N3O4/c1-4-5-7-14(20)18-10-6-11-19(18)16(21)12-8-9-13(22-2)17-15(12)23-3/h1,8-9H,5-7,10-11H2,2-3H3. The highest BCUT2D eigenvalue weighted by Gasteiger charge is 2.32. The Hall–Kier alpha value is -2.75. The molecule has 1 fully saturated rings. The Morgan fingerprint density at radius 1 is 1.26 bits per heavy atom. The molecule has 1 aromatic heterocycles. The first kappa shape index (κ1) is 16.6. The van der Waals surface area contributed by atoms with Crippen LogP contribution in [0.3, 0.4) is 0 Å². The molecule has 1 aliphatic heterocycles. The molecular formula is C16H19N3O4. The van der Waals surface area contributed by atoms with Crippen LogP contribution < -0.4 is 9.47 Å². The first-order valence-electron chi connectivity index (χ1n) is 7.27. The molecule has 2 amide bonds. The maximum atomic E-state index is 12.7. The second-order valence-electron chi connectivity index (χ2n) is 4.91. The zero-order chi connectivity index (χ0) is 16.8. The van der Waals surface area contributed by atoms with E-state index in [4.69, 9.17) is 15.9 Å². The van der Waals surface area contributed by atoms with Crippen LogP contribution in [0.1, 0.15) is 29.6 Å². The third-order valence-corrected chi connectivity index (χ3v) is 3.50. The lowest BCUT2D eigenvalue weighted by molar-refractivity contribution is -0.140. The van der Waals surface area contributed by atoms with Gasteiger partial charge in [-0.25, -0.2) is 5.01 Å². The van der Waals surface area contributed by atoms with Gasteiger partial charge in [0.15, 0.2) is 0 Å². The van der Waals surface area contributed by atoms with Gasteiger partial charge in [0.1, 0.15) is 5.56 Å². The van der Waals surface area contributed by atoms with E-state index in [0.717, 1.165) is 6.42 Å². The highest BCUT2D eigenvalue weighted by atomic mass is 16.5. The van der Waals surface area contributed by atoms with Crippen molar-refractivity contribution in [3.8, 4) is 24.1 Å². The fourth-order valence-electron chi connectivity index (χ4n) is 2.38. The van der Waals surface area contributed by atoms with Gasteiger partial charge in [-0.15, -0.1) is 12.3 Å². The van der Waals surface area contributed by atoms with E-state index in [1.165, 1.54) is 24.2 Å². The summed E-state index contributed by atoms with van der Waals surface area (Å²) in [6.45, 7) is 0.969. The summed E-state index contributed by atoms with van der Waals surface area (Å²) >= 11 is 0. The summed E-state index contributed by atoms with van der Waals surface area (Å²) in [5, 5.41) is 2.87. The predicted molar refractivity (Wildman–Crippen MR) is 82.8 cm³/mol. The summed E-state index contributed by atoms with van der Waals surface area (Å²) in [5.74, 6) is 2.46. The maximum Gasteiger partial charge on any atom is 0.277 e. The molecular weight excluding hydrogens is 298 g/mol. The summed E-state index contributed by atoms with van der Waals surface area (Å²) in [7, 11) is 2.91. The van der Waals surface area contributed by atoms with Crippen LogP contribution in [0.15, 0.2) is 12.1 Å². The summed E-state index contributed by atoms with van der Waals surface area (Å²) in [6.07, 6.45) is 6.48. The van der Waals surface area contributed by atoms with Crippen LogP contribution in [0.25, 0.3) is 0 Å². The second kappa shape index (κ2) is 7.49. The average molecular weight is 317 g/mol. The summed E-state index contributed by atoms with van der Waals surface area (Å²) in [6, 6.07) is 3.16. The molecule has 1 aromatic rings. The number of hydrogen-bond acceptors (Lipinski definition) is 5. The predicted octanol–water partition coefficient (Wildman–Crippen LogP) is 1.10. The normalized spacial score (nSPS) is 13.6. The van der Waals surface area contributed by atoms with E-state index in [-0.39, 0.29) is 29.7 Å². The van der Waals surface area contributed by atoms with E-state index in [2.05, 4.69) is 10.9 Å². The van der Waals surface area contributed by atoms with Crippen molar-refractivity contribution in [2.45, 2.75) is 19.3 Å². The van der Waals surface area contributed by atoms with Crippen LogP contribution in [0.4, 0.5) is 0 Å². The Morgan fingerprint density at radius 3 is 2.65 bits per heavy atom. The number of nitrogens with zero attached hydrogens (tertiary/aromatic N) is 3. The Kier molecular flexibility index (Phi) is 5.41. The number of pyridine rings is 1. The number of aromatic nitrogens is 1. The molecule has 2 rings (SSSR count). The van der Waals surface area contributed by atoms with E-state index in [0.29, 0.717) is 25.4 Å². The molecule has 1 saturated heterocycles. The zero-order valence-electron chi connectivity index (χ0n) is 13.2. The van der Waals surface area contributed by atoms with Crippen molar-refractivity contribution in [3.63, 3.8) is 0 Å². The quantitative estimate of drug-likeness (QED) is 0.761. The van der Waals surface area contributed by atoms with Crippen LogP contribution >= 0.6 is 0 Å². The Labute approximate surface area is 135 Å². The number of amides is 2. The average Bonchev–Trinajstić information content (AvgIpc) is 3.08. The van der Waals surface area contributed by atoms with Crippen molar-refractivity contribution in [2.24, 2.45) is 0 Å². The Morgan fingerprint density at radius 2 is 2.00 bits per heavy atom. The monoisotopic (exact) mass is 317 g/mol. The molecule has 0 atom stereocenters. The van der Waals surface area contributed by atoms with Crippen molar-refractivity contribution in [1.29, 1.82) is 0 Å². The van der Waals surface area contributed by atoms with Crippen LogP contribution in [0.2, 0.25) is 0 Å². The van der Waals surface area contributed by atoms with Gasteiger partial charge in [0.05, 0.1) is 14.2 Å². The van der Waals surface area contributed by atoms with Gasteiger partial charge in [0, 0.05) is 32.0 Å². The number of rotatable bonds is 5. The summed E-state index contributed by atoms with van der Waals surface area (Å²) in [5.41, 5.74) is 0.282. The third-order valence-electron chi connectivity index (χ3n) is 3.50. The maximum absolute atomic E-state index is 12.7. The minimum Gasteiger partial charge on any atom is -0.481 e. The Balaban J connectivity index is 2.22. The molecule has 0 N–H and O–H groups in total. The van der Waals surface area contributed by atoms with E-state index < -0.39 is 0 Å². The molecule has 0 saturated carbocycles. The van der Waals surface area contributed by atoms with Gasteiger partial charge in [-0.05, 0) is 12.5 Å². The van der Waals surface area contributed by atoms with Crippen molar-refractivity contribution in [3.05, 3.63) is 17.7 Å². The van der Waals surface area contributed by atoms with Crippen LogP contribution in [0.5, 0.6) is 11.8 Å². The lowest BCUT2D eigenvalue weighted by Crippen LogP contribution is -2.44. The molecule has 1 aliphatic rings. The minimum atomic E-state index is -0.330. The van der Waals surface area contributed by atoms with E-state index in [1.807, 2.05) is 0 Å². The van der Waals surface area contributed by atoms with Gasteiger partial charge in [-0.2, -0.15) is 4.98 Å².